The van der Waals surface area contributed by atoms with Gasteiger partial charge in [-0.15, -0.1) is 0 Å². The molecular formula is C22H27N3O3. The maximum atomic E-state index is 13.4. The van der Waals surface area contributed by atoms with Crippen LogP contribution in [0.1, 0.15) is 35.0 Å². The van der Waals surface area contributed by atoms with Crippen LogP contribution in [0.3, 0.4) is 0 Å². The Morgan fingerprint density at radius 2 is 1.82 bits per heavy atom. The molecule has 2 aromatic rings. The van der Waals surface area contributed by atoms with Crippen LogP contribution in [0, 0.1) is 5.92 Å². The Balaban J connectivity index is 1.49. The Labute approximate surface area is 165 Å². The smallest absolute Gasteiger partial charge is 0.289 e. The first-order valence-electron chi connectivity index (χ1n) is 10.00. The normalized spacial score (nSPS) is 23.6. The van der Waals surface area contributed by atoms with Crippen LogP contribution >= 0.6 is 0 Å². The Hall–Kier alpha value is -2.60. The molecule has 2 aliphatic heterocycles. The summed E-state index contributed by atoms with van der Waals surface area (Å²) >= 11 is 0. The fourth-order valence-corrected chi connectivity index (χ4v) is 4.30. The van der Waals surface area contributed by atoms with Crippen LogP contribution in [0.2, 0.25) is 0 Å². The minimum absolute atomic E-state index is 0.0589. The van der Waals surface area contributed by atoms with E-state index in [1.54, 1.807) is 17.0 Å². The summed E-state index contributed by atoms with van der Waals surface area (Å²) in [6, 6.07) is 13.7. The van der Waals surface area contributed by atoms with E-state index < -0.39 is 0 Å². The van der Waals surface area contributed by atoms with Crippen molar-refractivity contribution in [2.24, 2.45) is 5.92 Å². The van der Waals surface area contributed by atoms with Crippen LogP contribution in [-0.4, -0.2) is 66.3 Å². The Morgan fingerprint density at radius 1 is 1.00 bits per heavy atom. The predicted molar refractivity (Wildman–Crippen MR) is 106 cm³/mol. The van der Waals surface area contributed by atoms with Crippen molar-refractivity contribution in [2.45, 2.75) is 18.9 Å². The van der Waals surface area contributed by atoms with Gasteiger partial charge in [-0.25, -0.2) is 0 Å². The van der Waals surface area contributed by atoms with E-state index in [0.717, 1.165) is 32.5 Å². The van der Waals surface area contributed by atoms with Gasteiger partial charge in [-0.1, -0.05) is 30.3 Å². The highest BCUT2D eigenvalue weighted by Gasteiger charge is 2.37. The van der Waals surface area contributed by atoms with Gasteiger partial charge in [0, 0.05) is 32.7 Å². The lowest BCUT2D eigenvalue weighted by Gasteiger charge is -2.43. The molecule has 6 nitrogen and oxygen atoms in total. The molecular weight excluding hydrogens is 354 g/mol. The molecule has 0 spiro atoms. The number of hydrogen-bond donors (Lipinski definition) is 0. The van der Waals surface area contributed by atoms with Gasteiger partial charge in [-0.2, -0.15) is 0 Å². The van der Waals surface area contributed by atoms with Crippen molar-refractivity contribution in [1.82, 2.24) is 14.7 Å². The number of amides is 2. The van der Waals surface area contributed by atoms with E-state index in [0.29, 0.717) is 18.8 Å². The fraction of sp³-hybridized carbons (Fsp3) is 0.455. The third kappa shape index (κ3) is 3.83. The lowest BCUT2D eigenvalue weighted by atomic mass is 9.93. The van der Waals surface area contributed by atoms with E-state index in [2.05, 4.69) is 24.1 Å². The third-order valence-electron chi connectivity index (χ3n) is 5.84. The van der Waals surface area contributed by atoms with Gasteiger partial charge < -0.3 is 19.1 Å². The van der Waals surface area contributed by atoms with Gasteiger partial charge >= 0.3 is 0 Å². The second-order valence-corrected chi connectivity index (χ2v) is 7.79. The minimum Gasteiger partial charge on any atom is -0.459 e. The molecule has 0 bridgehead atoms. The van der Waals surface area contributed by atoms with Crippen molar-refractivity contribution in [3.05, 3.63) is 60.1 Å². The molecule has 0 aliphatic carbocycles. The number of piperidine rings is 1. The van der Waals surface area contributed by atoms with Crippen LogP contribution in [0.5, 0.6) is 0 Å². The standard InChI is InChI=1S/C22H27N3O3/c1-23-12-13-25(19(16-23)17-7-3-2-4-8-17)21(26)18-9-5-11-24(15-18)22(27)20-10-6-14-28-20/h2-4,6-8,10,14,18-19H,5,9,11-13,15-16H2,1H3/t18-,19-/m0/s1. The Kier molecular flexibility index (Phi) is 5.48. The zero-order valence-corrected chi connectivity index (χ0v) is 16.3. The first-order chi connectivity index (χ1) is 13.6. The van der Waals surface area contributed by atoms with Crippen molar-refractivity contribution in [2.75, 3.05) is 39.8 Å². The summed E-state index contributed by atoms with van der Waals surface area (Å²) in [4.78, 5) is 32.1. The average Bonchev–Trinajstić information content (AvgIpc) is 3.28. The molecule has 0 unspecified atom stereocenters. The second-order valence-electron chi connectivity index (χ2n) is 7.79. The average molecular weight is 381 g/mol. The SMILES string of the molecule is CN1CCN(C(=O)[C@H]2CCCN(C(=O)c3ccco3)C2)[C@H](c2ccccc2)C1. The number of piperazine rings is 1. The molecule has 2 amide bonds. The highest BCUT2D eigenvalue weighted by Crippen LogP contribution is 2.29. The van der Waals surface area contributed by atoms with E-state index in [1.807, 2.05) is 23.1 Å². The second kappa shape index (κ2) is 8.19. The number of likely N-dealkylation sites (N-methyl/N-ethyl adjacent to an activating group) is 1. The lowest BCUT2D eigenvalue weighted by Crippen LogP contribution is -2.53. The molecule has 6 heteroatoms. The molecule has 1 aromatic carbocycles. The summed E-state index contributed by atoms with van der Waals surface area (Å²) < 4.78 is 5.26. The number of furan rings is 1. The molecule has 2 atom stereocenters. The highest BCUT2D eigenvalue weighted by atomic mass is 16.3. The first-order valence-corrected chi connectivity index (χ1v) is 10.00. The topological polar surface area (TPSA) is 57.0 Å². The Morgan fingerprint density at radius 3 is 2.57 bits per heavy atom. The number of benzene rings is 1. The molecule has 148 valence electrons. The number of likely N-dealkylation sites (tertiary alicyclic amines) is 1. The van der Waals surface area contributed by atoms with E-state index in [1.165, 1.54) is 11.8 Å². The maximum absolute atomic E-state index is 13.4. The monoisotopic (exact) mass is 381 g/mol. The summed E-state index contributed by atoms with van der Waals surface area (Å²) in [7, 11) is 2.10. The van der Waals surface area contributed by atoms with Crippen LogP contribution in [0.25, 0.3) is 0 Å². The molecule has 0 N–H and O–H groups in total. The minimum atomic E-state index is -0.151. The van der Waals surface area contributed by atoms with Crippen molar-refractivity contribution < 1.29 is 14.0 Å². The van der Waals surface area contributed by atoms with Gasteiger partial charge in [-0.3, -0.25) is 9.59 Å². The molecule has 2 aliphatic rings. The zero-order chi connectivity index (χ0) is 19.5. The van der Waals surface area contributed by atoms with Gasteiger partial charge in [0.25, 0.3) is 5.91 Å². The quantitative estimate of drug-likeness (QED) is 0.820. The maximum Gasteiger partial charge on any atom is 0.289 e. The number of carbonyl (C=O) groups excluding carboxylic acids is 2. The zero-order valence-electron chi connectivity index (χ0n) is 16.3. The molecule has 3 heterocycles. The fourth-order valence-electron chi connectivity index (χ4n) is 4.30. The van der Waals surface area contributed by atoms with Gasteiger partial charge in [0.2, 0.25) is 5.91 Å². The van der Waals surface area contributed by atoms with Crippen molar-refractivity contribution in [1.29, 1.82) is 0 Å². The van der Waals surface area contributed by atoms with Crippen molar-refractivity contribution >= 4 is 11.8 Å². The van der Waals surface area contributed by atoms with Crippen LogP contribution < -0.4 is 0 Å². The van der Waals surface area contributed by atoms with E-state index in [4.69, 9.17) is 4.42 Å². The summed E-state index contributed by atoms with van der Waals surface area (Å²) in [5, 5.41) is 0. The predicted octanol–water partition coefficient (Wildman–Crippen LogP) is 2.65. The first kappa shape index (κ1) is 18.7. The number of hydrogen-bond acceptors (Lipinski definition) is 4. The van der Waals surface area contributed by atoms with Gasteiger partial charge in [0.15, 0.2) is 5.76 Å². The summed E-state index contributed by atoms with van der Waals surface area (Å²) in [5.74, 6) is 0.233. The van der Waals surface area contributed by atoms with E-state index in [-0.39, 0.29) is 23.8 Å². The molecule has 0 radical (unpaired) electrons. The molecule has 2 saturated heterocycles. The van der Waals surface area contributed by atoms with Gasteiger partial charge in [0.1, 0.15) is 0 Å². The van der Waals surface area contributed by atoms with Crippen molar-refractivity contribution in [3.8, 4) is 0 Å². The Bertz CT molecular complexity index is 806. The molecule has 28 heavy (non-hydrogen) atoms. The van der Waals surface area contributed by atoms with Crippen molar-refractivity contribution in [3.63, 3.8) is 0 Å². The van der Waals surface area contributed by atoms with Crippen LogP contribution in [0.4, 0.5) is 0 Å². The third-order valence-corrected chi connectivity index (χ3v) is 5.84. The van der Waals surface area contributed by atoms with E-state index >= 15 is 0 Å². The number of nitrogens with zero attached hydrogens (tertiary/aromatic N) is 3. The lowest BCUT2D eigenvalue weighted by molar-refractivity contribution is -0.142. The molecule has 1 aromatic heterocycles. The summed E-state index contributed by atoms with van der Waals surface area (Å²) in [6.45, 7) is 3.56. The largest absolute Gasteiger partial charge is 0.459 e. The molecule has 2 fully saturated rings. The molecule has 0 saturated carbocycles. The summed E-state index contributed by atoms with van der Waals surface area (Å²) in [5.41, 5.74) is 1.17. The van der Waals surface area contributed by atoms with Crippen LogP contribution in [0.15, 0.2) is 53.1 Å². The van der Waals surface area contributed by atoms with Gasteiger partial charge in [0.05, 0.1) is 18.2 Å². The summed E-state index contributed by atoms with van der Waals surface area (Å²) in [6.07, 6.45) is 3.18. The van der Waals surface area contributed by atoms with E-state index in [9.17, 15) is 9.59 Å². The molecule has 4 rings (SSSR count). The van der Waals surface area contributed by atoms with Crippen LogP contribution in [-0.2, 0) is 4.79 Å². The number of carbonyl (C=O) groups is 2. The van der Waals surface area contributed by atoms with Gasteiger partial charge in [-0.05, 0) is 37.6 Å². The highest BCUT2D eigenvalue weighted by molar-refractivity contribution is 5.92. The number of rotatable bonds is 3.